The first-order valence-corrected chi connectivity index (χ1v) is 39.8. The first kappa shape index (κ1) is 87.2. The number of phosphoric acid groups is 1. The number of rotatable bonds is 71. The summed E-state index contributed by atoms with van der Waals surface area (Å²) < 4.78 is 34.4. The van der Waals surface area contributed by atoms with Gasteiger partial charge in [0.15, 0.2) is 6.10 Å². The Kier molecular flexibility index (Phi) is 68.3. The van der Waals surface area contributed by atoms with E-state index in [1.165, 1.54) is 257 Å². The Balaban J connectivity index is 3.94. The van der Waals surface area contributed by atoms with Gasteiger partial charge in [-0.25, -0.2) is 0 Å². The van der Waals surface area contributed by atoms with Crippen LogP contribution in [0.3, 0.4) is 0 Å². The maximum atomic E-state index is 12.9. The van der Waals surface area contributed by atoms with Crippen molar-refractivity contribution in [2.24, 2.45) is 0 Å². The minimum atomic E-state index is -4.64. The Hall–Kier alpha value is -2.81. The molecule has 0 saturated carbocycles. The highest BCUT2D eigenvalue weighted by molar-refractivity contribution is 7.45. The van der Waals surface area contributed by atoms with Crippen LogP contribution >= 0.6 is 7.82 Å². The quantitative estimate of drug-likeness (QED) is 0.0195. The Morgan fingerprint density at radius 3 is 0.944 bits per heavy atom. The smallest absolute Gasteiger partial charge is 0.306 e. The van der Waals surface area contributed by atoms with E-state index in [2.05, 4.69) is 98.9 Å². The van der Waals surface area contributed by atoms with Crippen molar-refractivity contribution in [1.82, 2.24) is 0 Å². The van der Waals surface area contributed by atoms with E-state index in [-0.39, 0.29) is 32.0 Å². The molecule has 0 aromatic carbocycles. The lowest BCUT2D eigenvalue weighted by Crippen LogP contribution is -2.37. The molecule has 0 spiro atoms. The standard InChI is InChI=1S/C80H146NO8P/c1-6-8-10-12-14-16-18-20-22-24-26-28-30-32-34-35-36-37-38-39-40-41-42-43-44-45-47-49-51-53-55-57-59-61-63-65-67-69-71-73-80(83)89-78(77-88-90(84,85)87-75-74-81(3,4)5)76-86-79(82)72-70-68-66-64-62-60-58-56-54-52-50-48-46-33-31-29-27-25-23-21-19-17-15-13-11-9-7-2/h8,10,14,16,19-22,25-28,32,34,78H,6-7,9,11-13,15,17-18,23-24,29-31,33,35-77H2,1-5H3/b10-8-,16-14-,21-19-,22-20-,27-25-,28-26-,34-32-. The highest BCUT2D eigenvalue weighted by Gasteiger charge is 2.22. The summed E-state index contributed by atoms with van der Waals surface area (Å²) in [6.07, 6.45) is 96.9. The molecule has 10 heteroatoms. The first-order chi connectivity index (χ1) is 44.0. The SMILES string of the molecule is CC/C=C\C/C=C\C/C=C\C/C=C\C/C=C\CCCCCCCCCCCCCCCCCCCCCCCCCC(=O)OC(COC(=O)CCCCCCCCCCCCCCCCC/C=C\C/C=C\CCCCCCC)COP(=O)([O-])OCC[N+](C)(C)C. The highest BCUT2D eigenvalue weighted by atomic mass is 31.2. The van der Waals surface area contributed by atoms with Gasteiger partial charge < -0.3 is 27.9 Å². The van der Waals surface area contributed by atoms with Crippen LogP contribution in [-0.2, 0) is 32.7 Å². The number of ether oxygens (including phenoxy) is 2. The Labute approximate surface area is 558 Å². The molecule has 2 atom stereocenters. The number of esters is 2. The van der Waals surface area contributed by atoms with Crippen molar-refractivity contribution in [3.8, 4) is 0 Å². The van der Waals surface area contributed by atoms with Crippen molar-refractivity contribution in [3.05, 3.63) is 85.1 Å². The van der Waals surface area contributed by atoms with Gasteiger partial charge in [0, 0.05) is 12.8 Å². The van der Waals surface area contributed by atoms with E-state index >= 15 is 0 Å². The molecule has 0 saturated heterocycles. The number of nitrogens with zero attached hydrogens (tertiary/aromatic N) is 1. The summed E-state index contributed by atoms with van der Waals surface area (Å²) in [5.41, 5.74) is 0. The minimum Gasteiger partial charge on any atom is -0.756 e. The maximum Gasteiger partial charge on any atom is 0.306 e. The average Bonchev–Trinajstić information content (AvgIpc) is 3.58. The third kappa shape index (κ3) is 74.2. The van der Waals surface area contributed by atoms with Crippen LogP contribution < -0.4 is 4.89 Å². The third-order valence-corrected chi connectivity index (χ3v) is 17.9. The van der Waals surface area contributed by atoms with E-state index in [4.69, 9.17) is 18.5 Å². The second kappa shape index (κ2) is 70.5. The van der Waals surface area contributed by atoms with E-state index in [9.17, 15) is 19.0 Å². The summed E-state index contributed by atoms with van der Waals surface area (Å²) >= 11 is 0. The molecule has 0 aromatic heterocycles. The van der Waals surface area contributed by atoms with E-state index in [1.807, 2.05) is 21.1 Å². The van der Waals surface area contributed by atoms with Crippen LogP contribution in [0.5, 0.6) is 0 Å². The van der Waals surface area contributed by atoms with Gasteiger partial charge in [-0.1, -0.05) is 343 Å². The Bertz CT molecular complexity index is 1800. The molecule has 0 radical (unpaired) electrons. The van der Waals surface area contributed by atoms with Gasteiger partial charge in [-0.15, -0.1) is 0 Å². The van der Waals surface area contributed by atoms with Crippen LogP contribution in [0.4, 0.5) is 0 Å². The lowest BCUT2D eigenvalue weighted by Gasteiger charge is -2.28. The van der Waals surface area contributed by atoms with E-state index < -0.39 is 26.5 Å². The Morgan fingerprint density at radius 2 is 0.633 bits per heavy atom. The molecule has 0 aliphatic carbocycles. The number of carbonyl (C=O) groups is 2. The number of allylic oxidation sites excluding steroid dienone is 14. The van der Waals surface area contributed by atoms with Crippen molar-refractivity contribution in [1.29, 1.82) is 0 Å². The van der Waals surface area contributed by atoms with Crippen molar-refractivity contribution in [2.45, 2.75) is 367 Å². The summed E-state index contributed by atoms with van der Waals surface area (Å²) in [5, 5.41) is 0. The molecule has 0 aromatic rings. The van der Waals surface area contributed by atoms with Gasteiger partial charge in [-0.3, -0.25) is 14.2 Å². The highest BCUT2D eigenvalue weighted by Crippen LogP contribution is 2.38. The van der Waals surface area contributed by atoms with Crippen LogP contribution in [-0.4, -0.2) is 70.0 Å². The van der Waals surface area contributed by atoms with Crippen LogP contribution in [0.1, 0.15) is 361 Å². The summed E-state index contributed by atoms with van der Waals surface area (Å²) in [6.45, 7) is 4.17. The van der Waals surface area contributed by atoms with Gasteiger partial charge in [-0.2, -0.15) is 0 Å². The van der Waals surface area contributed by atoms with E-state index in [1.54, 1.807) is 0 Å². The number of phosphoric ester groups is 1. The van der Waals surface area contributed by atoms with Crippen molar-refractivity contribution >= 4 is 19.8 Å². The molecule has 0 N–H and O–H groups in total. The van der Waals surface area contributed by atoms with Gasteiger partial charge in [0.25, 0.3) is 7.82 Å². The molecular formula is C80H146NO8P. The fourth-order valence-electron chi connectivity index (χ4n) is 11.1. The average molecular weight is 1280 g/mol. The predicted molar refractivity (Wildman–Crippen MR) is 388 cm³/mol. The van der Waals surface area contributed by atoms with E-state index in [0.29, 0.717) is 17.4 Å². The normalized spacial score (nSPS) is 13.5. The molecule has 0 rings (SSSR count). The van der Waals surface area contributed by atoms with Gasteiger partial charge in [0.05, 0.1) is 27.7 Å². The zero-order chi connectivity index (χ0) is 65.5. The lowest BCUT2D eigenvalue weighted by molar-refractivity contribution is -0.870. The van der Waals surface area contributed by atoms with Gasteiger partial charge in [-0.05, 0) is 89.9 Å². The fraction of sp³-hybridized carbons (Fsp3) is 0.800. The number of carbonyl (C=O) groups excluding carboxylic acids is 2. The monoisotopic (exact) mass is 1280 g/mol. The summed E-state index contributed by atoms with van der Waals surface area (Å²) in [7, 11) is 1.18. The lowest BCUT2D eigenvalue weighted by atomic mass is 10.0. The molecule has 9 nitrogen and oxygen atoms in total. The van der Waals surface area contributed by atoms with E-state index in [0.717, 1.165) is 70.6 Å². The number of likely N-dealkylation sites (N-methyl/N-ethyl adjacent to an activating group) is 1. The molecule has 524 valence electrons. The molecule has 0 amide bonds. The topological polar surface area (TPSA) is 111 Å². The first-order valence-electron chi connectivity index (χ1n) is 38.3. The molecular weight excluding hydrogens is 1130 g/mol. The molecule has 0 heterocycles. The summed E-state index contributed by atoms with van der Waals surface area (Å²) in [6, 6.07) is 0. The molecule has 0 fully saturated rings. The van der Waals surface area contributed by atoms with Crippen LogP contribution in [0.15, 0.2) is 85.1 Å². The largest absolute Gasteiger partial charge is 0.756 e. The minimum absolute atomic E-state index is 0.0302. The second-order valence-electron chi connectivity index (χ2n) is 27.0. The summed E-state index contributed by atoms with van der Waals surface area (Å²) in [4.78, 5) is 38.1. The van der Waals surface area contributed by atoms with Crippen LogP contribution in [0.25, 0.3) is 0 Å². The Morgan fingerprint density at radius 1 is 0.356 bits per heavy atom. The number of hydrogen-bond donors (Lipinski definition) is 0. The zero-order valence-electron chi connectivity index (χ0n) is 59.8. The van der Waals surface area contributed by atoms with Crippen molar-refractivity contribution in [2.75, 3.05) is 47.5 Å². The van der Waals surface area contributed by atoms with Crippen LogP contribution in [0, 0.1) is 0 Å². The van der Waals surface area contributed by atoms with Crippen molar-refractivity contribution < 1.29 is 42.1 Å². The molecule has 0 aliphatic rings. The fourth-order valence-corrected chi connectivity index (χ4v) is 11.8. The molecule has 0 aliphatic heterocycles. The van der Waals surface area contributed by atoms with Gasteiger partial charge >= 0.3 is 11.9 Å². The predicted octanol–water partition coefficient (Wildman–Crippen LogP) is 24.6. The molecule has 2 unspecified atom stereocenters. The second-order valence-corrected chi connectivity index (χ2v) is 28.4. The van der Waals surface area contributed by atoms with Crippen molar-refractivity contribution in [3.63, 3.8) is 0 Å². The van der Waals surface area contributed by atoms with Gasteiger partial charge in [0.1, 0.15) is 19.8 Å². The number of hydrogen-bond acceptors (Lipinski definition) is 8. The number of quaternary nitrogens is 1. The maximum absolute atomic E-state index is 12.9. The summed E-state index contributed by atoms with van der Waals surface area (Å²) in [5.74, 6) is -0.816. The van der Waals surface area contributed by atoms with Crippen LogP contribution in [0.2, 0.25) is 0 Å². The molecule has 90 heavy (non-hydrogen) atoms. The zero-order valence-corrected chi connectivity index (χ0v) is 60.7. The number of unbranched alkanes of at least 4 members (excludes halogenated alkanes) is 43. The van der Waals surface area contributed by atoms with Gasteiger partial charge in [0.2, 0.25) is 0 Å². The molecule has 0 bridgehead atoms. The third-order valence-electron chi connectivity index (χ3n) is 16.9.